The second kappa shape index (κ2) is 8.57. The maximum atomic E-state index is 12.0. The second-order valence-corrected chi connectivity index (χ2v) is 5.00. The number of amides is 1. The monoisotopic (exact) mass is 328 g/mol. The average molecular weight is 328 g/mol. The minimum Gasteiger partial charge on any atom is -0.507 e. The molecule has 0 saturated heterocycles. The van der Waals surface area contributed by atoms with Crippen LogP contribution >= 0.6 is 0 Å². The van der Waals surface area contributed by atoms with Crippen LogP contribution in [0.15, 0.2) is 47.6 Å². The summed E-state index contributed by atoms with van der Waals surface area (Å²) < 4.78 is 10.5. The number of hydrogen-bond acceptors (Lipinski definition) is 5. The van der Waals surface area contributed by atoms with E-state index < -0.39 is 0 Å². The van der Waals surface area contributed by atoms with Crippen LogP contribution in [-0.2, 0) is 0 Å². The smallest absolute Gasteiger partial charge is 0.271 e. The zero-order valence-corrected chi connectivity index (χ0v) is 13.7. The lowest BCUT2D eigenvalue weighted by atomic mass is 10.2. The van der Waals surface area contributed by atoms with Gasteiger partial charge in [0.2, 0.25) is 0 Å². The molecule has 24 heavy (non-hydrogen) atoms. The van der Waals surface area contributed by atoms with Gasteiger partial charge in [-0.3, -0.25) is 4.79 Å². The van der Waals surface area contributed by atoms with Crippen molar-refractivity contribution in [1.82, 2.24) is 5.43 Å². The first-order valence-electron chi connectivity index (χ1n) is 7.57. The van der Waals surface area contributed by atoms with Crippen LogP contribution in [0.4, 0.5) is 0 Å². The summed E-state index contributed by atoms with van der Waals surface area (Å²) in [7, 11) is 1.53. The molecule has 0 saturated carbocycles. The van der Waals surface area contributed by atoms with E-state index in [-0.39, 0.29) is 11.7 Å². The van der Waals surface area contributed by atoms with Gasteiger partial charge in [0, 0.05) is 11.1 Å². The number of carbonyl (C=O) groups is 1. The molecule has 0 unspecified atom stereocenters. The van der Waals surface area contributed by atoms with E-state index in [0.29, 0.717) is 23.5 Å². The molecule has 0 fully saturated rings. The van der Waals surface area contributed by atoms with Crippen LogP contribution in [-0.4, -0.2) is 30.9 Å². The number of carbonyl (C=O) groups excluding carboxylic acids is 1. The topological polar surface area (TPSA) is 80.2 Å². The Morgan fingerprint density at radius 2 is 1.92 bits per heavy atom. The fraction of sp³-hybridized carbons (Fsp3) is 0.222. The van der Waals surface area contributed by atoms with Gasteiger partial charge in [0.15, 0.2) is 0 Å². The van der Waals surface area contributed by atoms with Gasteiger partial charge in [0.1, 0.15) is 17.2 Å². The Morgan fingerprint density at radius 1 is 1.21 bits per heavy atom. The lowest BCUT2D eigenvalue weighted by Gasteiger charge is -2.05. The predicted molar refractivity (Wildman–Crippen MR) is 91.9 cm³/mol. The van der Waals surface area contributed by atoms with E-state index in [9.17, 15) is 9.90 Å². The van der Waals surface area contributed by atoms with Crippen LogP contribution in [0.2, 0.25) is 0 Å². The molecule has 2 aromatic carbocycles. The number of phenols is 1. The third-order valence-corrected chi connectivity index (χ3v) is 3.19. The van der Waals surface area contributed by atoms with Crippen molar-refractivity contribution in [2.45, 2.75) is 13.3 Å². The van der Waals surface area contributed by atoms with E-state index in [1.54, 1.807) is 36.4 Å². The fourth-order valence-corrected chi connectivity index (χ4v) is 1.91. The third kappa shape index (κ3) is 4.74. The maximum absolute atomic E-state index is 12.0. The zero-order chi connectivity index (χ0) is 17.4. The first kappa shape index (κ1) is 17.3. The van der Waals surface area contributed by atoms with Crippen molar-refractivity contribution in [1.29, 1.82) is 0 Å². The minimum absolute atomic E-state index is 0.0474. The van der Waals surface area contributed by atoms with Crippen molar-refractivity contribution in [3.63, 3.8) is 0 Å². The number of phenolic OH excluding ortho intramolecular Hbond substituents is 1. The Bertz CT molecular complexity index is 711. The normalized spacial score (nSPS) is 10.6. The SMILES string of the molecule is CCCOc1ccc(C(=O)N/N=C/c2cc(OC)ccc2O)cc1. The summed E-state index contributed by atoms with van der Waals surface area (Å²) in [6.07, 6.45) is 2.28. The van der Waals surface area contributed by atoms with Crippen molar-refractivity contribution in [3.05, 3.63) is 53.6 Å². The summed E-state index contributed by atoms with van der Waals surface area (Å²) >= 11 is 0. The molecule has 6 heteroatoms. The Hall–Kier alpha value is -3.02. The van der Waals surface area contributed by atoms with Crippen LogP contribution in [0.25, 0.3) is 0 Å². The zero-order valence-electron chi connectivity index (χ0n) is 13.7. The Balaban J connectivity index is 1.97. The van der Waals surface area contributed by atoms with Crippen LogP contribution < -0.4 is 14.9 Å². The summed E-state index contributed by atoms with van der Waals surface area (Å²) in [6, 6.07) is 11.6. The molecule has 0 aliphatic heterocycles. The minimum atomic E-state index is -0.351. The van der Waals surface area contributed by atoms with Gasteiger partial charge in [-0.15, -0.1) is 0 Å². The van der Waals surface area contributed by atoms with E-state index in [2.05, 4.69) is 10.5 Å². The predicted octanol–water partition coefficient (Wildman–Crippen LogP) is 2.95. The van der Waals surface area contributed by atoms with Crippen LogP contribution in [0.5, 0.6) is 17.2 Å². The molecule has 0 atom stereocenters. The Kier molecular flexibility index (Phi) is 6.19. The number of methoxy groups -OCH3 is 1. The van der Waals surface area contributed by atoms with Crippen molar-refractivity contribution < 1.29 is 19.4 Å². The molecule has 0 bridgehead atoms. The van der Waals surface area contributed by atoms with Crippen molar-refractivity contribution in [2.75, 3.05) is 13.7 Å². The highest BCUT2D eigenvalue weighted by atomic mass is 16.5. The highest BCUT2D eigenvalue weighted by molar-refractivity contribution is 5.95. The molecule has 0 aliphatic carbocycles. The molecule has 2 N–H and O–H groups in total. The number of nitrogens with one attached hydrogen (secondary N) is 1. The molecule has 0 aromatic heterocycles. The first-order valence-corrected chi connectivity index (χ1v) is 7.57. The van der Waals surface area contributed by atoms with Gasteiger partial charge in [-0.25, -0.2) is 5.43 Å². The van der Waals surface area contributed by atoms with E-state index in [1.807, 2.05) is 6.92 Å². The molecule has 0 radical (unpaired) electrons. The van der Waals surface area contributed by atoms with E-state index in [4.69, 9.17) is 9.47 Å². The molecular weight excluding hydrogens is 308 g/mol. The summed E-state index contributed by atoms with van der Waals surface area (Å²) in [6.45, 7) is 2.67. The van der Waals surface area contributed by atoms with E-state index in [1.165, 1.54) is 19.4 Å². The molecule has 126 valence electrons. The summed E-state index contributed by atoms with van der Waals surface area (Å²) in [5.41, 5.74) is 3.32. The molecular formula is C18H20N2O4. The number of aromatic hydroxyl groups is 1. The van der Waals surface area contributed by atoms with Gasteiger partial charge in [-0.1, -0.05) is 6.92 Å². The lowest BCUT2D eigenvalue weighted by Crippen LogP contribution is -2.17. The summed E-state index contributed by atoms with van der Waals surface area (Å²) in [5, 5.41) is 13.6. The fourth-order valence-electron chi connectivity index (χ4n) is 1.91. The van der Waals surface area contributed by atoms with Gasteiger partial charge in [-0.2, -0.15) is 5.10 Å². The number of hydrazone groups is 1. The quantitative estimate of drug-likeness (QED) is 0.605. The van der Waals surface area contributed by atoms with Crippen molar-refractivity contribution in [3.8, 4) is 17.2 Å². The van der Waals surface area contributed by atoms with Crippen molar-refractivity contribution in [2.24, 2.45) is 5.10 Å². The molecule has 6 nitrogen and oxygen atoms in total. The number of benzene rings is 2. The number of rotatable bonds is 7. The summed E-state index contributed by atoms with van der Waals surface area (Å²) in [4.78, 5) is 12.0. The molecule has 1 amide bonds. The lowest BCUT2D eigenvalue weighted by molar-refractivity contribution is 0.0955. The molecule has 0 spiro atoms. The van der Waals surface area contributed by atoms with Crippen molar-refractivity contribution >= 4 is 12.1 Å². The number of hydrogen-bond donors (Lipinski definition) is 2. The van der Waals surface area contributed by atoms with Gasteiger partial charge in [-0.05, 0) is 48.9 Å². The average Bonchev–Trinajstić information content (AvgIpc) is 2.61. The number of ether oxygens (including phenoxy) is 2. The standard InChI is InChI=1S/C18H20N2O4/c1-3-10-24-15-6-4-13(5-7-15)18(22)20-19-12-14-11-16(23-2)8-9-17(14)21/h4-9,11-12,21H,3,10H2,1-2H3,(H,20,22)/b19-12+. The second-order valence-electron chi connectivity index (χ2n) is 5.00. The van der Waals surface area contributed by atoms with E-state index >= 15 is 0 Å². The van der Waals surface area contributed by atoms with Crippen LogP contribution in [0.3, 0.4) is 0 Å². The Labute approximate surface area is 140 Å². The van der Waals surface area contributed by atoms with Crippen LogP contribution in [0.1, 0.15) is 29.3 Å². The van der Waals surface area contributed by atoms with Crippen LogP contribution in [0, 0.1) is 0 Å². The Morgan fingerprint density at radius 3 is 2.58 bits per heavy atom. The maximum Gasteiger partial charge on any atom is 0.271 e. The highest BCUT2D eigenvalue weighted by Crippen LogP contribution is 2.21. The van der Waals surface area contributed by atoms with Gasteiger partial charge < -0.3 is 14.6 Å². The molecule has 0 heterocycles. The first-order chi connectivity index (χ1) is 11.6. The third-order valence-electron chi connectivity index (χ3n) is 3.19. The number of nitrogens with zero attached hydrogens (tertiary/aromatic N) is 1. The molecule has 0 aliphatic rings. The van der Waals surface area contributed by atoms with Gasteiger partial charge in [0.25, 0.3) is 5.91 Å². The molecule has 2 rings (SSSR count). The highest BCUT2D eigenvalue weighted by Gasteiger charge is 2.05. The van der Waals surface area contributed by atoms with Gasteiger partial charge >= 0.3 is 0 Å². The van der Waals surface area contributed by atoms with E-state index in [0.717, 1.165) is 12.2 Å². The summed E-state index contributed by atoms with van der Waals surface area (Å²) in [5.74, 6) is 1.00. The largest absolute Gasteiger partial charge is 0.507 e. The van der Waals surface area contributed by atoms with Gasteiger partial charge in [0.05, 0.1) is 19.9 Å². The molecule has 2 aromatic rings.